The van der Waals surface area contributed by atoms with Gasteiger partial charge in [0.1, 0.15) is 11.5 Å². The van der Waals surface area contributed by atoms with Gasteiger partial charge in [0.15, 0.2) is 0 Å². The lowest BCUT2D eigenvalue weighted by Crippen LogP contribution is -2.57. The third-order valence-electron chi connectivity index (χ3n) is 6.83. The van der Waals surface area contributed by atoms with Gasteiger partial charge in [-0.1, -0.05) is 19.9 Å². The van der Waals surface area contributed by atoms with Crippen LogP contribution in [0.15, 0.2) is 53.2 Å². The molecule has 1 fully saturated rings. The molecule has 6 nitrogen and oxygen atoms in total. The van der Waals surface area contributed by atoms with Crippen molar-refractivity contribution in [2.45, 2.75) is 65.6 Å². The molecule has 1 aliphatic rings. The number of allylic oxidation sites excluding steroid dienone is 3. The SMILES string of the molecule is C\C=C/C=N\C(=C(\C)CC)c1ccc(C)nc1C(=O)N1CC(F)(F)CC(C)C1CNc1ccc(C(F)(F)F)cn1. The van der Waals surface area contributed by atoms with Crippen LogP contribution in [-0.4, -0.2) is 52.0 Å². The number of alkyl halides is 5. The van der Waals surface area contributed by atoms with Crippen LogP contribution >= 0.6 is 0 Å². The second kappa shape index (κ2) is 12.7. The van der Waals surface area contributed by atoms with Gasteiger partial charge >= 0.3 is 6.18 Å². The first-order chi connectivity index (χ1) is 18.8. The Hall–Kier alpha value is -3.63. The molecule has 2 aromatic heterocycles. The van der Waals surface area contributed by atoms with Gasteiger partial charge in [0, 0.05) is 36.6 Å². The molecule has 0 aliphatic carbocycles. The minimum absolute atomic E-state index is 0.0125. The zero-order chi connectivity index (χ0) is 29.7. The molecule has 2 unspecified atom stereocenters. The van der Waals surface area contributed by atoms with Crippen LogP contribution in [0.3, 0.4) is 0 Å². The number of nitrogens with one attached hydrogen (secondary N) is 1. The summed E-state index contributed by atoms with van der Waals surface area (Å²) in [6.07, 6.45) is 1.53. The van der Waals surface area contributed by atoms with Gasteiger partial charge in [0.2, 0.25) is 0 Å². The summed E-state index contributed by atoms with van der Waals surface area (Å²) in [6, 6.07) is 4.82. The van der Waals surface area contributed by atoms with Gasteiger partial charge in [-0.15, -0.1) is 0 Å². The second-order valence-corrected chi connectivity index (χ2v) is 9.98. The fraction of sp³-hybridized carbons (Fsp3) is 0.448. The van der Waals surface area contributed by atoms with Gasteiger partial charge in [0.25, 0.3) is 11.8 Å². The minimum Gasteiger partial charge on any atom is -0.368 e. The number of aryl methyl sites for hydroxylation is 1. The van der Waals surface area contributed by atoms with Crippen molar-refractivity contribution in [2.24, 2.45) is 10.9 Å². The van der Waals surface area contributed by atoms with Gasteiger partial charge in [0.05, 0.1) is 23.8 Å². The first-order valence-corrected chi connectivity index (χ1v) is 13.1. The Bertz CT molecular complexity index is 1280. The van der Waals surface area contributed by atoms with Crippen LogP contribution in [0.25, 0.3) is 5.70 Å². The van der Waals surface area contributed by atoms with Crippen LogP contribution < -0.4 is 5.32 Å². The van der Waals surface area contributed by atoms with Crippen molar-refractivity contribution in [3.8, 4) is 0 Å². The number of carbonyl (C=O) groups excluding carboxylic acids is 1. The van der Waals surface area contributed by atoms with Gasteiger partial charge in [-0.25, -0.2) is 18.7 Å². The smallest absolute Gasteiger partial charge is 0.368 e. The van der Waals surface area contributed by atoms with Crippen molar-refractivity contribution in [3.63, 3.8) is 0 Å². The molecule has 3 rings (SSSR count). The maximum atomic E-state index is 14.8. The van der Waals surface area contributed by atoms with Crippen LogP contribution in [0.2, 0.25) is 0 Å². The Morgan fingerprint density at radius 2 is 1.98 bits per heavy atom. The summed E-state index contributed by atoms with van der Waals surface area (Å²) in [5.74, 6) is -4.27. The van der Waals surface area contributed by atoms with Gasteiger partial charge in [-0.05, 0) is 69.0 Å². The van der Waals surface area contributed by atoms with Crippen molar-refractivity contribution in [2.75, 3.05) is 18.4 Å². The molecule has 0 bridgehead atoms. The molecule has 216 valence electrons. The highest BCUT2D eigenvalue weighted by Gasteiger charge is 2.46. The number of rotatable bonds is 8. The van der Waals surface area contributed by atoms with Crippen molar-refractivity contribution < 1.29 is 26.7 Å². The second-order valence-electron chi connectivity index (χ2n) is 9.98. The molecule has 1 saturated heterocycles. The van der Waals surface area contributed by atoms with E-state index in [2.05, 4.69) is 20.3 Å². The largest absolute Gasteiger partial charge is 0.417 e. The van der Waals surface area contributed by atoms with Crippen molar-refractivity contribution in [1.82, 2.24) is 14.9 Å². The third kappa shape index (κ3) is 7.51. The van der Waals surface area contributed by atoms with E-state index in [4.69, 9.17) is 0 Å². The van der Waals surface area contributed by atoms with E-state index in [0.29, 0.717) is 29.6 Å². The minimum atomic E-state index is -4.53. The standard InChI is InChI=1S/C29H34F5N5O/c1-6-8-13-35-25(18(3)7-2)22-11-9-20(5)38-26(22)27(40)39-17-28(30,31)14-19(4)23(39)16-37-24-12-10-21(15-36-24)29(32,33)34/h6,8-13,15,19,23H,7,14,16-17H2,1-5H3,(H,36,37)/b8-6-,25-18-,35-13-. The highest BCUT2D eigenvalue weighted by Crippen LogP contribution is 2.36. The van der Waals surface area contributed by atoms with Crippen molar-refractivity contribution >= 4 is 23.6 Å². The molecule has 1 aliphatic heterocycles. The van der Waals surface area contributed by atoms with E-state index in [-0.39, 0.29) is 18.1 Å². The number of aliphatic imine (C=N–C) groups is 1. The van der Waals surface area contributed by atoms with E-state index < -0.39 is 48.5 Å². The monoisotopic (exact) mass is 563 g/mol. The number of amides is 1. The topological polar surface area (TPSA) is 70.5 Å². The van der Waals surface area contributed by atoms with Crippen molar-refractivity contribution in [3.05, 3.63) is 70.7 Å². The molecule has 40 heavy (non-hydrogen) atoms. The fourth-order valence-electron chi connectivity index (χ4n) is 4.58. The molecule has 2 aromatic rings. The summed E-state index contributed by atoms with van der Waals surface area (Å²) in [4.78, 5) is 27.9. The molecule has 0 spiro atoms. The number of nitrogens with zero attached hydrogens (tertiary/aromatic N) is 4. The predicted octanol–water partition coefficient (Wildman–Crippen LogP) is 7.19. The molecule has 2 atom stereocenters. The van der Waals surface area contributed by atoms with Gasteiger partial charge < -0.3 is 10.2 Å². The molecule has 1 N–H and O–H groups in total. The quantitative estimate of drug-likeness (QED) is 0.273. The van der Waals surface area contributed by atoms with E-state index in [9.17, 15) is 26.7 Å². The average molecular weight is 564 g/mol. The highest BCUT2D eigenvalue weighted by atomic mass is 19.4. The van der Waals surface area contributed by atoms with Crippen molar-refractivity contribution in [1.29, 1.82) is 0 Å². The van der Waals surface area contributed by atoms with E-state index in [1.54, 1.807) is 38.3 Å². The number of hydrogen-bond donors (Lipinski definition) is 1. The lowest BCUT2D eigenvalue weighted by atomic mass is 9.87. The molecule has 3 heterocycles. The number of carbonyl (C=O) groups is 1. The Morgan fingerprint density at radius 3 is 2.58 bits per heavy atom. The van der Waals surface area contributed by atoms with Crippen LogP contribution in [0.4, 0.5) is 27.8 Å². The lowest BCUT2D eigenvalue weighted by Gasteiger charge is -2.43. The van der Waals surface area contributed by atoms with E-state index in [1.807, 2.05) is 26.8 Å². The zero-order valence-corrected chi connectivity index (χ0v) is 23.2. The zero-order valence-electron chi connectivity index (χ0n) is 23.2. The van der Waals surface area contributed by atoms with Crippen LogP contribution in [0, 0.1) is 12.8 Å². The Morgan fingerprint density at radius 1 is 1.25 bits per heavy atom. The maximum absolute atomic E-state index is 14.8. The molecule has 0 aromatic carbocycles. The number of anilines is 1. The summed E-state index contributed by atoms with van der Waals surface area (Å²) < 4.78 is 68.3. The molecule has 1 amide bonds. The number of aromatic nitrogens is 2. The van der Waals surface area contributed by atoms with Crippen LogP contribution in [0.1, 0.15) is 67.8 Å². The Labute approximate surface area is 231 Å². The summed E-state index contributed by atoms with van der Waals surface area (Å²) in [7, 11) is 0. The molecule has 11 heteroatoms. The normalized spacial score (nSPS) is 20.2. The van der Waals surface area contributed by atoms with E-state index in [0.717, 1.165) is 16.5 Å². The molecule has 0 saturated carbocycles. The number of likely N-dealkylation sites (tertiary alicyclic amines) is 1. The van der Waals surface area contributed by atoms with E-state index >= 15 is 0 Å². The first kappa shape index (κ1) is 30.9. The van der Waals surface area contributed by atoms with Gasteiger partial charge in [-0.2, -0.15) is 13.2 Å². The Balaban J connectivity index is 1.99. The molecule has 0 radical (unpaired) electrons. The Kier molecular flexibility index (Phi) is 9.81. The van der Waals surface area contributed by atoms with Crippen LogP contribution in [-0.2, 0) is 6.18 Å². The third-order valence-corrected chi connectivity index (χ3v) is 6.83. The first-order valence-electron chi connectivity index (χ1n) is 13.1. The predicted molar refractivity (Wildman–Crippen MR) is 146 cm³/mol. The number of pyridine rings is 2. The summed E-state index contributed by atoms with van der Waals surface area (Å²) in [5.41, 5.74) is 1.53. The molecular formula is C29H34F5N5O. The van der Waals surface area contributed by atoms with Crippen LogP contribution in [0.5, 0.6) is 0 Å². The summed E-state index contributed by atoms with van der Waals surface area (Å²) in [5, 5.41) is 2.92. The van der Waals surface area contributed by atoms with Gasteiger partial charge in [-0.3, -0.25) is 9.79 Å². The summed E-state index contributed by atoms with van der Waals surface area (Å²) >= 11 is 0. The van der Waals surface area contributed by atoms with E-state index in [1.165, 1.54) is 6.07 Å². The lowest BCUT2D eigenvalue weighted by molar-refractivity contribution is -0.137. The maximum Gasteiger partial charge on any atom is 0.417 e. The summed E-state index contributed by atoms with van der Waals surface area (Å²) in [6.45, 7) is 8.21. The molecular weight excluding hydrogens is 529 g/mol. The number of hydrogen-bond acceptors (Lipinski definition) is 5. The average Bonchev–Trinajstić information content (AvgIpc) is 2.89. The number of piperidine rings is 1. The fourth-order valence-corrected chi connectivity index (χ4v) is 4.58. The number of halogens is 5. The highest BCUT2D eigenvalue weighted by molar-refractivity contribution is 5.98.